The Hall–Kier alpha value is -0.380. The maximum Gasteiger partial charge on any atom is 0.0245 e. The third-order valence-electron chi connectivity index (χ3n) is 2.56. The summed E-state index contributed by atoms with van der Waals surface area (Å²) in [5.74, 6) is 0. The van der Waals surface area contributed by atoms with Crippen molar-refractivity contribution in [3.8, 4) is 0 Å². The summed E-state index contributed by atoms with van der Waals surface area (Å²) in [4.78, 5) is 4.12. The predicted octanol–water partition coefficient (Wildman–Crippen LogP) is 1.33. The van der Waals surface area contributed by atoms with Crippen LogP contribution in [0, 0.1) is 0 Å². The molecule has 2 heterocycles. The maximum absolute atomic E-state index is 3.19. The highest BCUT2D eigenvalue weighted by atomic mass is 32.1. The van der Waals surface area contributed by atoms with Crippen molar-refractivity contribution in [1.82, 2.24) is 10.2 Å². The summed E-state index contributed by atoms with van der Waals surface area (Å²) in [6, 6.07) is 2.27. The highest BCUT2D eigenvalue weighted by Gasteiger charge is 2.15. The first kappa shape index (κ1) is 9.19. The van der Waals surface area contributed by atoms with Gasteiger partial charge >= 0.3 is 0 Å². The van der Waals surface area contributed by atoms with Crippen molar-refractivity contribution in [3.63, 3.8) is 0 Å². The van der Waals surface area contributed by atoms with Crippen LogP contribution in [0.2, 0.25) is 0 Å². The van der Waals surface area contributed by atoms with Crippen molar-refractivity contribution in [3.05, 3.63) is 21.9 Å². The SMILES string of the molecule is CNCCN1CCc2sccc2C1. The highest BCUT2D eigenvalue weighted by Crippen LogP contribution is 2.23. The summed E-state index contributed by atoms with van der Waals surface area (Å²) >= 11 is 1.91. The van der Waals surface area contributed by atoms with E-state index in [9.17, 15) is 0 Å². The summed E-state index contributed by atoms with van der Waals surface area (Å²) < 4.78 is 0. The van der Waals surface area contributed by atoms with Gasteiger partial charge in [-0.2, -0.15) is 0 Å². The smallest absolute Gasteiger partial charge is 0.0245 e. The van der Waals surface area contributed by atoms with Crippen LogP contribution in [-0.2, 0) is 13.0 Å². The zero-order valence-electron chi connectivity index (χ0n) is 8.05. The molecule has 0 bridgehead atoms. The molecule has 13 heavy (non-hydrogen) atoms. The van der Waals surface area contributed by atoms with Gasteiger partial charge in [-0.15, -0.1) is 11.3 Å². The minimum atomic E-state index is 1.10. The van der Waals surface area contributed by atoms with E-state index in [4.69, 9.17) is 0 Å². The number of fused-ring (bicyclic) bond motifs is 1. The second kappa shape index (κ2) is 4.22. The van der Waals surface area contributed by atoms with Crippen LogP contribution in [0.5, 0.6) is 0 Å². The molecule has 0 atom stereocenters. The Kier molecular flexibility index (Phi) is 2.98. The Balaban J connectivity index is 1.93. The molecule has 0 spiro atoms. The van der Waals surface area contributed by atoms with Gasteiger partial charge < -0.3 is 5.32 Å². The standard InChI is InChI=1S/C10H16N2S/c1-11-4-6-12-5-2-10-9(8-12)3-7-13-10/h3,7,11H,2,4-6,8H2,1H3. The van der Waals surface area contributed by atoms with Gasteiger partial charge in [0, 0.05) is 31.1 Å². The quantitative estimate of drug-likeness (QED) is 0.784. The van der Waals surface area contributed by atoms with Crippen molar-refractivity contribution < 1.29 is 0 Å². The van der Waals surface area contributed by atoms with E-state index >= 15 is 0 Å². The number of nitrogens with zero attached hydrogens (tertiary/aromatic N) is 1. The summed E-state index contributed by atoms with van der Waals surface area (Å²) in [7, 11) is 2.01. The van der Waals surface area contributed by atoms with Crippen molar-refractivity contribution in [2.75, 3.05) is 26.7 Å². The van der Waals surface area contributed by atoms with Gasteiger partial charge in [0.15, 0.2) is 0 Å². The van der Waals surface area contributed by atoms with E-state index in [1.165, 1.54) is 19.5 Å². The first-order valence-corrected chi connectivity index (χ1v) is 5.70. The van der Waals surface area contributed by atoms with Crippen molar-refractivity contribution in [1.29, 1.82) is 0 Å². The topological polar surface area (TPSA) is 15.3 Å². The largest absolute Gasteiger partial charge is 0.318 e. The van der Waals surface area contributed by atoms with Gasteiger partial charge in [0.25, 0.3) is 0 Å². The summed E-state index contributed by atoms with van der Waals surface area (Å²) in [5, 5.41) is 5.41. The zero-order valence-corrected chi connectivity index (χ0v) is 8.86. The number of thiophene rings is 1. The molecule has 0 fully saturated rings. The lowest BCUT2D eigenvalue weighted by Gasteiger charge is -2.26. The van der Waals surface area contributed by atoms with Gasteiger partial charge in [-0.05, 0) is 30.5 Å². The molecule has 0 aromatic carbocycles. The average Bonchev–Trinajstić information content (AvgIpc) is 2.61. The molecule has 1 aromatic heterocycles. The molecule has 1 aromatic rings. The van der Waals surface area contributed by atoms with Crippen LogP contribution in [0.15, 0.2) is 11.4 Å². The number of likely N-dealkylation sites (N-methyl/N-ethyl adjacent to an activating group) is 1. The first-order chi connectivity index (χ1) is 6.40. The monoisotopic (exact) mass is 196 g/mol. The van der Waals surface area contributed by atoms with E-state index in [1.807, 2.05) is 18.4 Å². The van der Waals surface area contributed by atoms with Crippen molar-refractivity contribution >= 4 is 11.3 Å². The fourth-order valence-corrected chi connectivity index (χ4v) is 2.66. The molecule has 0 unspecified atom stereocenters. The number of rotatable bonds is 3. The third-order valence-corrected chi connectivity index (χ3v) is 3.59. The van der Waals surface area contributed by atoms with Crippen LogP contribution in [0.1, 0.15) is 10.4 Å². The molecular weight excluding hydrogens is 180 g/mol. The van der Waals surface area contributed by atoms with Gasteiger partial charge in [-0.1, -0.05) is 0 Å². The predicted molar refractivity (Wildman–Crippen MR) is 57.2 cm³/mol. The van der Waals surface area contributed by atoms with Gasteiger partial charge in [0.2, 0.25) is 0 Å². The molecule has 0 radical (unpaired) electrons. The van der Waals surface area contributed by atoms with Crippen LogP contribution < -0.4 is 5.32 Å². The minimum absolute atomic E-state index is 1.10. The Labute approximate surface area is 83.6 Å². The third kappa shape index (κ3) is 2.10. The molecule has 2 rings (SSSR count). The van der Waals surface area contributed by atoms with Crippen LogP contribution >= 0.6 is 11.3 Å². The van der Waals surface area contributed by atoms with Crippen LogP contribution in [0.25, 0.3) is 0 Å². The minimum Gasteiger partial charge on any atom is -0.318 e. The maximum atomic E-state index is 3.19. The van der Waals surface area contributed by atoms with Gasteiger partial charge in [-0.25, -0.2) is 0 Å². The van der Waals surface area contributed by atoms with Gasteiger partial charge in [0.05, 0.1) is 0 Å². The Morgan fingerprint density at radius 1 is 1.62 bits per heavy atom. The van der Waals surface area contributed by atoms with Crippen LogP contribution in [-0.4, -0.2) is 31.6 Å². The van der Waals surface area contributed by atoms with E-state index in [-0.39, 0.29) is 0 Å². The molecule has 2 nitrogen and oxygen atoms in total. The molecular formula is C10H16N2S. The average molecular weight is 196 g/mol. The number of nitrogens with one attached hydrogen (secondary N) is 1. The van der Waals surface area contributed by atoms with E-state index in [0.29, 0.717) is 0 Å². The summed E-state index contributed by atoms with van der Waals surface area (Å²) in [6.07, 6.45) is 1.25. The van der Waals surface area contributed by atoms with Crippen molar-refractivity contribution in [2.24, 2.45) is 0 Å². The molecule has 1 aliphatic heterocycles. The molecule has 0 saturated heterocycles. The molecule has 0 amide bonds. The van der Waals surface area contributed by atoms with E-state index < -0.39 is 0 Å². The zero-order chi connectivity index (χ0) is 9.10. The molecule has 1 N–H and O–H groups in total. The second-order valence-corrected chi connectivity index (χ2v) is 4.50. The Morgan fingerprint density at radius 3 is 3.38 bits per heavy atom. The van der Waals surface area contributed by atoms with Gasteiger partial charge in [-0.3, -0.25) is 4.90 Å². The van der Waals surface area contributed by atoms with Gasteiger partial charge in [0.1, 0.15) is 0 Å². The summed E-state index contributed by atoms with van der Waals surface area (Å²) in [6.45, 7) is 4.65. The fourth-order valence-electron chi connectivity index (χ4n) is 1.77. The fraction of sp³-hybridized carbons (Fsp3) is 0.600. The molecule has 0 saturated carbocycles. The lowest BCUT2D eigenvalue weighted by molar-refractivity contribution is 0.258. The van der Waals surface area contributed by atoms with E-state index in [1.54, 1.807) is 10.4 Å². The molecule has 3 heteroatoms. The van der Waals surface area contributed by atoms with Crippen molar-refractivity contribution in [2.45, 2.75) is 13.0 Å². The lowest BCUT2D eigenvalue weighted by Crippen LogP contribution is -2.34. The summed E-state index contributed by atoms with van der Waals surface area (Å²) in [5.41, 5.74) is 1.55. The highest BCUT2D eigenvalue weighted by molar-refractivity contribution is 7.10. The lowest BCUT2D eigenvalue weighted by atomic mass is 10.1. The Morgan fingerprint density at radius 2 is 2.54 bits per heavy atom. The normalized spacial score (nSPS) is 17.3. The molecule has 0 aliphatic carbocycles. The first-order valence-electron chi connectivity index (χ1n) is 4.82. The number of hydrogen-bond acceptors (Lipinski definition) is 3. The van der Waals surface area contributed by atoms with E-state index in [2.05, 4.69) is 21.7 Å². The molecule has 1 aliphatic rings. The van der Waals surface area contributed by atoms with E-state index in [0.717, 1.165) is 13.1 Å². The molecule has 72 valence electrons. The van der Waals surface area contributed by atoms with Crippen LogP contribution in [0.4, 0.5) is 0 Å². The number of hydrogen-bond donors (Lipinski definition) is 1. The Bertz CT molecular complexity index is 270. The second-order valence-electron chi connectivity index (χ2n) is 3.50. The van der Waals surface area contributed by atoms with Crippen LogP contribution in [0.3, 0.4) is 0 Å².